The Labute approximate surface area is 161 Å². The van der Waals surface area contributed by atoms with Crippen LogP contribution in [0.15, 0.2) is 35.3 Å². The van der Waals surface area contributed by atoms with Gasteiger partial charge in [0.15, 0.2) is 5.96 Å². The van der Waals surface area contributed by atoms with Gasteiger partial charge in [-0.25, -0.2) is 4.99 Å². The monoisotopic (exact) mass is 370 g/mol. The molecule has 2 heterocycles. The van der Waals surface area contributed by atoms with Crippen molar-refractivity contribution in [2.45, 2.75) is 51.0 Å². The molecular weight excluding hydrogens is 340 g/mol. The van der Waals surface area contributed by atoms with Gasteiger partial charge >= 0.3 is 0 Å². The van der Waals surface area contributed by atoms with Gasteiger partial charge in [-0.1, -0.05) is 37.3 Å². The van der Waals surface area contributed by atoms with Crippen LogP contribution in [0.1, 0.15) is 51.0 Å². The van der Waals surface area contributed by atoms with Crippen molar-refractivity contribution in [1.82, 2.24) is 9.80 Å². The van der Waals surface area contributed by atoms with Crippen LogP contribution >= 0.6 is 0 Å². The van der Waals surface area contributed by atoms with Gasteiger partial charge < -0.3 is 10.6 Å². The maximum Gasteiger partial charge on any atom is 0.231 e. The molecule has 1 fully saturated rings. The predicted molar refractivity (Wildman–Crippen MR) is 106 cm³/mol. The maximum atomic E-state index is 12.9. The number of piperidine rings is 1. The minimum absolute atomic E-state index is 0.00819. The molecule has 0 bridgehead atoms. The van der Waals surface area contributed by atoms with Crippen LogP contribution in [0.2, 0.25) is 0 Å². The van der Waals surface area contributed by atoms with E-state index in [2.05, 4.69) is 24.0 Å². The second-order valence-corrected chi connectivity index (χ2v) is 8.15. The number of benzene rings is 1. The highest BCUT2D eigenvalue weighted by atomic mass is 16.2. The zero-order chi connectivity index (χ0) is 19.6. The fourth-order valence-corrected chi connectivity index (χ4v) is 4.17. The Kier molecular flexibility index (Phi) is 5.53. The molecule has 0 saturated carbocycles. The largest absolute Gasteiger partial charge is 0.369 e. The van der Waals surface area contributed by atoms with E-state index in [-0.39, 0.29) is 29.6 Å². The van der Waals surface area contributed by atoms with Crippen LogP contribution in [0.25, 0.3) is 0 Å². The summed E-state index contributed by atoms with van der Waals surface area (Å²) in [6, 6.07) is 10.1. The quantitative estimate of drug-likeness (QED) is 0.884. The van der Waals surface area contributed by atoms with Gasteiger partial charge in [-0.2, -0.15) is 0 Å². The summed E-state index contributed by atoms with van der Waals surface area (Å²) in [4.78, 5) is 33.1. The van der Waals surface area contributed by atoms with Gasteiger partial charge in [-0.3, -0.25) is 14.5 Å². The first kappa shape index (κ1) is 19.4. The standard InChI is InChI=1S/C21H30N4O2/c1-15(16-8-5-4-6-9-16)12-18(26)25-11-7-10-17(14-25)21(2)13-19(27)24(3)20(22)23-21/h4-6,8-9,15,17H,7,10-14H2,1-3H3,(H2,22,23)/t15?,17?,21-/m0/s1. The first-order chi connectivity index (χ1) is 12.8. The molecule has 6 heteroatoms. The second kappa shape index (κ2) is 7.71. The van der Waals surface area contributed by atoms with Crippen LogP contribution < -0.4 is 5.73 Å². The molecule has 2 aliphatic rings. The van der Waals surface area contributed by atoms with E-state index in [1.165, 1.54) is 10.5 Å². The molecule has 0 aliphatic carbocycles. The SMILES string of the molecule is CC(CC(=O)N1CCCC([C@]2(C)CC(=O)N(C)C(N)=N2)C1)c1ccccc1. The van der Waals surface area contributed by atoms with Gasteiger partial charge in [0.1, 0.15) is 0 Å². The van der Waals surface area contributed by atoms with Crippen LogP contribution in [0.3, 0.4) is 0 Å². The van der Waals surface area contributed by atoms with Crippen LogP contribution in [-0.4, -0.2) is 53.2 Å². The number of nitrogens with zero attached hydrogens (tertiary/aromatic N) is 3. The lowest BCUT2D eigenvalue weighted by Gasteiger charge is -2.43. The number of nitrogens with two attached hydrogens (primary N) is 1. The lowest BCUT2D eigenvalue weighted by Crippen LogP contribution is -2.54. The highest BCUT2D eigenvalue weighted by Gasteiger charge is 2.43. The van der Waals surface area contributed by atoms with Gasteiger partial charge in [-0.05, 0) is 31.2 Å². The summed E-state index contributed by atoms with van der Waals surface area (Å²) in [5.41, 5.74) is 6.61. The number of likely N-dealkylation sites (tertiary alicyclic amines) is 1. The number of amides is 2. The first-order valence-electron chi connectivity index (χ1n) is 9.75. The molecule has 27 heavy (non-hydrogen) atoms. The van der Waals surface area contributed by atoms with E-state index >= 15 is 0 Å². The van der Waals surface area contributed by atoms with Crippen LogP contribution in [0.4, 0.5) is 0 Å². The van der Waals surface area contributed by atoms with E-state index in [0.717, 1.165) is 19.4 Å². The van der Waals surface area contributed by atoms with E-state index in [4.69, 9.17) is 5.73 Å². The minimum atomic E-state index is -0.530. The van der Waals surface area contributed by atoms with Crippen molar-refractivity contribution in [1.29, 1.82) is 0 Å². The summed E-state index contributed by atoms with van der Waals surface area (Å²) in [5.74, 6) is 0.781. The summed E-state index contributed by atoms with van der Waals surface area (Å²) in [6.45, 7) is 5.51. The van der Waals surface area contributed by atoms with Crippen molar-refractivity contribution in [3.05, 3.63) is 35.9 Å². The highest BCUT2D eigenvalue weighted by molar-refractivity contribution is 5.98. The molecule has 3 rings (SSSR count). The highest BCUT2D eigenvalue weighted by Crippen LogP contribution is 2.36. The van der Waals surface area contributed by atoms with Crippen molar-refractivity contribution in [3.63, 3.8) is 0 Å². The van der Waals surface area contributed by atoms with E-state index < -0.39 is 5.54 Å². The van der Waals surface area contributed by atoms with Gasteiger partial charge in [0.2, 0.25) is 11.8 Å². The molecule has 0 radical (unpaired) electrons. The molecule has 3 atom stereocenters. The number of hydrogen-bond acceptors (Lipinski definition) is 4. The molecule has 6 nitrogen and oxygen atoms in total. The molecule has 0 aromatic heterocycles. The summed E-state index contributed by atoms with van der Waals surface area (Å²) in [7, 11) is 1.66. The first-order valence-corrected chi connectivity index (χ1v) is 9.75. The molecule has 1 aromatic carbocycles. The van der Waals surface area contributed by atoms with Crippen molar-refractivity contribution < 1.29 is 9.59 Å². The lowest BCUT2D eigenvalue weighted by molar-refractivity contribution is -0.134. The zero-order valence-electron chi connectivity index (χ0n) is 16.5. The fraction of sp³-hybridized carbons (Fsp3) is 0.571. The third kappa shape index (κ3) is 4.15. The van der Waals surface area contributed by atoms with Gasteiger partial charge in [0, 0.05) is 32.5 Å². The van der Waals surface area contributed by atoms with E-state index in [9.17, 15) is 9.59 Å². The summed E-state index contributed by atoms with van der Waals surface area (Å²) in [6.07, 6.45) is 2.74. The summed E-state index contributed by atoms with van der Waals surface area (Å²) < 4.78 is 0. The number of hydrogen-bond donors (Lipinski definition) is 1. The Morgan fingerprint density at radius 3 is 2.74 bits per heavy atom. The van der Waals surface area contributed by atoms with E-state index in [1.807, 2.05) is 30.0 Å². The average molecular weight is 370 g/mol. The number of guanidine groups is 1. The third-order valence-corrected chi connectivity index (χ3v) is 6.10. The molecule has 0 spiro atoms. The number of carbonyl (C=O) groups is 2. The van der Waals surface area contributed by atoms with Gasteiger partial charge in [0.05, 0.1) is 12.0 Å². The van der Waals surface area contributed by atoms with Crippen molar-refractivity contribution >= 4 is 17.8 Å². The number of rotatable bonds is 4. The van der Waals surface area contributed by atoms with Crippen LogP contribution in [0, 0.1) is 5.92 Å². The molecule has 2 N–H and O–H groups in total. The Morgan fingerprint density at radius 2 is 2.07 bits per heavy atom. The number of aliphatic imine (C=N–C) groups is 1. The van der Waals surface area contributed by atoms with Gasteiger partial charge in [0.25, 0.3) is 0 Å². The van der Waals surface area contributed by atoms with Crippen LogP contribution in [-0.2, 0) is 9.59 Å². The molecule has 2 aliphatic heterocycles. The Morgan fingerprint density at radius 1 is 1.37 bits per heavy atom. The van der Waals surface area contributed by atoms with Crippen LogP contribution in [0.5, 0.6) is 0 Å². The number of carbonyl (C=O) groups excluding carboxylic acids is 2. The molecule has 146 valence electrons. The normalized spacial score (nSPS) is 27.3. The van der Waals surface area contributed by atoms with E-state index in [1.54, 1.807) is 7.05 Å². The second-order valence-electron chi connectivity index (χ2n) is 8.15. The molecular formula is C21H30N4O2. The smallest absolute Gasteiger partial charge is 0.231 e. The van der Waals surface area contributed by atoms with Crippen molar-refractivity contribution in [2.24, 2.45) is 16.6 Å². The molecule has 2 unspecified atom stereocenters. The Balaban J connectivity index is 1.67. The Hall–Kier alpha value is -2.37. The van der Waals surface area contributed by atoms with Gasteiger partial charge in [-0.15, -0.1) is 0 Å². The summed E-state index contributed by atoms with van der Waals surface area (Å²) >= 11 is 0. The third-order valence-electron chi connectivity index (χ3n) is 6.10. The zero-order valence-corrected chi connectivity index (χ0v) is 16.5. The topological polar surface area (TPSA) is 79.0 Å². The van der Waals surface area contributed by atoms with E-state index in [0.29, 0.717) is 19.4 Å². The minimum Gasteiger partial charge on any atom is -0.369 e. The molecule has 2 amide bonds. The maximum absolute atomic E-state index is 12.9. The fourth-order valence-electron chi connectivity index (χ4n) is 4.17. The predicted octanol–water partition coefficient (Wildman–Crippen LogP) is 2.35. The lowest BCUT2D eigenvalue weighted by atomic mass is 9.77. The van der Waals surface area contributed by atoms with Crippen molar-refractivity contribution in [3.8, 4) is 0 Å². The molecule has 1 saturated heterocycles. The molecule has 1 aromatic rings. The average Bonchev–Trinajstić information content (AvgIpc) is 2.67. The summed E-state index contributed by atoms with van der Waals surface area (Å²) in [5, 5.41) is 0. The Bertz CT molecular complexity index is 733. The van der Waals surface area contributed by atoms with Crippen molar-refractivity contribution in [2.75, 3.05) is 20.1 Å².